The third-order valence-electron chi connectivity index (χ3n) is 2.73. The van der Waals surface area contributed by atoms with Crippen LogP contribution in [0.1, 0.15) is 31.7 Å². The van der Waals surface area contributed by atoms with Crippen LogP contribution in [-0.2, 0) is 4.79 Å². The number of carbonyl (C=O) groups excluding carboxylic acids is 1. The predicted molar refractivity (Wildman–Crippen MR) is 77.0 cm³/mol. The zero-order valence-corrected chi connectivity index (χ0v) is 11.9. The molecule has 0 fully saturated rings. The summed E-state index contributed by atoms with van der Waals surface area (Å²) < 4.78 is 10.9. The first-order valence-corrected chi connectivity index (χ1v) is 6.64. The van der Waals surface area contributed by atoms with Crippen LogP contribution in [0, 0.1) is 0 Å². The molecule has 0 aliphatic carbocycles. The van der Waals surface area contributed by atoms with Crippen molar-refractivity contribution >= 4 is 12.0 Å². The molecule has 0 saturated heterocycles. The highest BCUT2D eigenvalue weighted by Gasteiger charge is 2.04. The lowest BCUT2D eigenvalue weighted by molar-refractivity contribution is -0.124. The van der Waals surface area contributed by atoms with Crippen LogP contribution in [-0.4, -0.2) is 24.8 Å². The molecule has 0 aliphatic rings. The molecule has 0 heterocycles. The van der Waals surface area contributed by atoms with Gasteiger partial charge in [-0.2, -0.15) is 0 Å². The van der Waals surface area contributed by atoms with E-state index in [9.17, 15) is 4.79 Å². The number of unbranched alkanes of at least 4 members (excludes halogenated alkanes) is 2. The zero-order valence-electron chi connectivity index (χ0n) is 11.9. The molecule has 5 nitrogen and oxygen atoms in total. The Morgan fingerprint density at radius 1 is 1.35 bits per heavy atom. The smallest absolute Gasteiger partial charge is 0.267 e. The van der Waals surface area contributed by atoms with Crippen LogP contribution in [0.25, 0.3) is 6.08 Å². The highest BCUT2D eigenvalue weighted by molar-refractivity contribution is 5.90. The minimum atomic E-state index is -0.580. The van der Waals surface area contributed by atoms with E-state index in [0.717, 1.165) is 24.8 Å². The summed E-state index contributed by atoms with van der Waals surface area (Å²) >= 11 is 0. The van der Waals surface area contributed by atoms with Crippen molar-refractivity contribution < 1.29 is 19.5 Å². The maximum absolute atomic E-state index is 10.9. The number of nitrogens with one attached hydrogen (secondary N) is 1. The monoisotopic (exact) mass is 279 g/mol. The van der Waals surface area contributed by atoms with Crippen LogP contribution >= 0.6 is 0 Å². The third kappa shape index (κ3) is 5.32. The van der Waals surface area contributed by atoms with Gasteiger partial charge in [-0.05, 0) is 30.2 Å². The van der Waals surface area contributed by atoms with Crippen LogP contribution in [0.5, 0.6) is 11.5 Å². The van der Waals surface area contributed by atoms with Crippen molar-refractivity contribution in [2.45, 2.75) is 26.2 Å². The predicted octanol–water partition coefficient (Wildman–Crippen LogP) is 2.78. The highest BCUT2D eigenvalue weighted by Crippen LogP contribution is 2.28. The van der Waals surface area contributed by atoms with E-state index in [0.29, 0.717) is 18.1 Å². The van der Waals surface area contributed by atoms with Gasteiger partial charge >= 0.3 is 0 Å². The Kier molecular flexibility index (Phi) is 7.21. The molecule has 1 rings (SSSR count). The minimum absolute atomic E-state index is 0.580. The van der Waals surface area contributed by atoms with Gasteiger partial charge in [-0.3, -0.25) is 10.0 Å². The van der Waals surface area contributed by atoms with Crippen LogP contribution in [0.3, 0.4) is 0 Å². The molecule has 1 aromatic carbocycles. The summed E-state index contributed by atoms with van der Waals surface area (Å²) in [4.78, 5) is 10.9. The summed E-state index contributed by atoms with van der Waals surface area (Å²) in [6, 6.07) is 5.40. The van der Waals surface area contributed by atoms with Crippen molar-refractivity contribution in [3.05, 3.63) is 29.8 Å². The number of hydrogen-bond donors (Lipinski definition) is 2. The van der Waals surface area contributed by atoms with Crippen LogP contribution in [0.15, 0.2) is 24.3 Å². The van der Waals surface area contributed by atoms with Gasteiger partial charge < -0.3 is 9.47 Å². The zero-order chi connectivity index (χ0) is 14.8. The van der Waals surface area contributed by atoms with E-state index in [1.807, 2.05) is 6.07 Å². The fraction of sp³-hybridized carbons (Fsp3) is 0.400. The van der Waals surface area contributed by atoms with Crippen molar-refractivity contribution in [3.8, 4) is 11.5 Å². The summed E-state index contributed by atoms with van der Waals surface area (Å²) in [5, 5.41) is 8.40. The fourth-order valence-electron chi connectivity index (χ4n) is 1.65. The van der Waals surface area contributed by atoms with Crippen molar-refractivity contribution in [1.29, 1.82) is 0 Å². The third-order valence-corrected chi connectivity index (χ3v) is 2.73. The molecule has 0 radical (unpaired) electrons. The number of ether oxygens (including phenoxy) is 2. The summed E-state index contributed by atoms with van der Waals surface area (Å²) in [5.41, 5.74) is 2.32. The molecule has 0 saturated carbocycles. The molecular weight excluding hydrogens is 258 g/mol. The Labute approximate surface area is 119 Å². The quantitative estimate of drug-likeness (QED) is 0.332. The van der Waals surface area contributed by atoms with Crippen molar-refractivity contribution in [2.75, 3.05) is 13.7 Å². The number of benzene rings is 1. The molecule has 1 aromatic rings. The molecule has 20 heavy (non-hydrogen) atoms. The van der Waals surface area contributed by atoms with Crippen LogP contribution in [0.2, 0.25) is 0 Å². The van der Waals surface area contributed by atoms with Gasteiger partial charge in [-0.25, -0.2) is 5.48 Å². The van der Waals surface area contributed by atoms with E-state index in [1.54, 1.807) is 25.3 Å². The highest BCUT2D eigenvalue weighted by atomic mass is 16.5. The Hall–Kier alpha value is -2.01. The van der Waals surface area contributed by atoms with Crippen molar-refractivity contribution in [2.24, 2.45) is 0 Å². The molecule has 0 aliphatic heterocycles. The number of methoxy groups -OCH3 is 1. The largest absolute Gasteiger partial charge is 0.493 e. The molecular formula is C15H21NO4. The molecule has 0 unspecified atom stereocenters. The Morgan fingerprint density at radius 3 is 2.80 bits per heavy atom. The maximum Gasteiger partial charge on any atom is 0.267 e. The van der Waals surface area contributed by atoms with E-state index in [4.69, 9.17) is 14.7 Å². The van der Waals surface area contributed by atoms with E-state index < -0.39 is 5.91 Å². The van der Waals surface area contributed by atoms with Crippen molar-refractivity contribution in [3.63, 3.8) is 0 Å². The Balaban J connectivity index is 2.69. The molecule has 5 heteroatoms. The summed E-state index contributed by atoms with van der Waals surface area (Å²) in [6.07, 6.45) is 6.11. The molecule has 0 spiro atoms. The molecule has 110 valence electrons. The van der Waals surface area contributed by atoms with Gasteiger partial charge in [-0.1, -0.05) is 25.8 Å². The normalized spacial score (nSPS) is 10.6. The van der Waals surface area contributed by atoms with Gasteiger partial charge in [0, 0.05) is 6.08 Å². The second kappa shape index (κ2) is 8.98. The van der Waals surface area contributed by atoms with E-state index in [1.165, 1.54) is 11.6 Å². The Bertz CT molecular complexity index is 457. The van der Waals surface area contributed by atoms with E-state index >= 15 is 0 Å². The van der Waals surface area contributed by atoms with Gasteiger partial charge in [0.2, 0.25) is 0 Å². The maximum atomic E-state index is 10.9. The average molecular weight is 279 g/mol. The van der Waals surface area contributed by atoms with Gasteiger partial charge in [0.25, 0.3) is 5.91 Å². The lowest BCUT2D eigenvalue weighted by Gasteiger charge is -2.11. The first-order valence-electron chi connectivity index (χ1n) is 6.64. The number of hydroxylamine groups is 1. The fourth-order valence-corrected chi connectivity index (χ4v) is 1.65. The van der Waals surface area contributed by atoms with Gasteiger partial charge in [0.15, 0.2) is 11.5 Å². The second-order valence-electron chi connectivity index (χ2n) is 4.28. The summed E-state index contributed by atoms with van der Waals surface area (Å²) in [5.74, 6) is 0.726. The van der Waals surface area contributed by atoms with E-state index in [2.05, 4.69) is 6.92 Å². The Morgan fingerprint density at radius 2 is 2.15 bits per heavy atom. The lowest BCUT2D eigenvalue weighted by atomic mass is 10.2. The SMILES string of the molecule is CCCCCOc1ccc(/C=C/C(=O)NO)cc1OC. The van der Waals surface area contributed by atoms with Crippen LogP contribution < -0.4 is 15.0 Å². The second-order valence-corrected chi connectivity index (χ2v) is 4.28. The van der Waals surface area contributed by atoms with Crippen molar-refractivity contribution in [1.82, 2.24) is 5.48 Å². The number of hydrogen-bond acceptors (Lipinski definition) is 4. The molecule has 0 atom stereocenters. The first-order chi connectivity index (χ1) is 9.71. The average Bonchev–Trinajstić information content (AvgIpc) is 2.49. The van der Waals surface area contributed by atoms with Gasteiger partial charge in [-0.15, -0.1) is 0 Å². The summed E-state index contributed by atoms with van der Waals surface area (Å²) in [7, 11) is 1.57. The molecule has 1 amide bonds. The lowest BCUT2D eigenvalue weighted by Crippen LogP contribution is -2.14. The van der Waals surface area contributed by atoms with Gasteiger partial charge in [0.1, 0.15) is 0 Å². The molecule has 2 N–H and O–H groups in total. The minimum Gasteiger partial charge on any atom is -0.493 e. The molecule has 0 bridgehead atoms. The van der Waals surface area contributed by atoms with E-state index in [-0.39, 0.29) is 0 Å². The first kappa shape index (κ1) is 16.0. The molecule has 0 aromatic heterocycles. The van der Waals surface area contributed by atoms with Gasteiger partial charge in [0.05, 0.1) is 13.7 Å². The number of carbonyl (C=O) groups is 1. The summed E-state index contributed by atoms with van der Waals surface area (Å²) in [6.45, 7) is 2.80. The number of rotatable bonds is 8. The number of amides is 1. The topological polar surface area (TPSA) is 67.8 Å². The standard InChI is InChI=1S/C15H21NO4/c1-3-4-5-10-20-13-8-6-12(11-14(13)19-2)7-9-15(17)16-18/h6-9,11,18H,3-5,10H2,1-2H3,(H,16,17)/b9-7+. The van der Waals surface area contributed by atoms with Crippen LogP contribution in [0.4, 0.5) is 0 Å².